The molecule has 0 fully saturated rings. The second-order valence-electron chi connectivity index (χ2n) is 8.20. The normalized spacial score (nSPS) is 17.9. The molecule has 2 unspecified atom stereocenters. The van der Waals surface area contributed by atoms with Crippen molar-refractivity contribution in [3.05, 3.63) is 81.5 Å². The first-order valence-electron chi connectivity index (χ1n) is 10.8. The molecule has 1 aromatic heterocycles. The maximum Gasteiger partial charge on any atom is 0.268 e. The summed E-state index contributed by atoms with van der Waals surface area (Å²) >= 11 is 1.52. The van der Waals surface area contributed by atoms with Crippen LogP contribution >= 0.6 is 11.3 Å². The molecule has 0 radical (unpaired) electrons. The van der Waals surface area contributed by atoms with E-state index in [0.717, 1.165) is 32.3 Å². The Balaban J connectivity index is 1.79. The van der Waals surface area contributed by atoms with Crippen molar-refractivity contribution < 1.29 is 9.59 Å². The number of carbonyl (C=O) groups excluding carboxylic acids is 2. The van der Waals surface area contributed by atoms with Gasteiger partial charge in [-0.1, -0.05) is 42.8 Å². The molecule has 1 aliphatic rings. The smallest absolute Gasteiger partial charge is 0.268 e. The molecule has 31 heavy (non-hydrogen) atoms. The zero-order valence-corrected chi connectivity index (χ0v) is 19.3. The van der Waals surface area contributed by atoms with E-state index in [1.807, 2.05) is 85.2 Å². The van der Waals surface area contributed by atoms with Gasteiger partial charge in [-0.25, -0.2) is 0 Å². The molecular weight excluding hydrogens is 404 g/mol. The van der Waals surface area contributed by atoms with Crippen molar-refractivity contribution >= 4 is 34.5 Å². The summed E-state index contributed by atoms with van der Waals surface area (Å²) in [7, 11) is 0. The lowest BCUT2D eigenvalue weighted by Crippen LogP contribution is -2.47. The fourth-order valence-electron chi connectivity index (χ4n) is 4.38. The number of para-hydroxylation sites is 1. The maximum atomic E-state index is 13.4. The van der Waals surface area contributed by atoms with E-state index >= 15 is 0 Å². The van der Waals surface area contributed by atoms with Gasteiger partial charge in [0.05, 0.1) is 10.9 Å². The lowest BCUT2D eigenvalue weighted by Gasteiger charge is -2.43. The molecule has 4 rings (SSSR count). The topological polar surface area (TPSA) is 40.6 Å². The molecule has 2 heterocycles. The summed E-state index contributed by atoms with van der Waals surface area (Å²) in [5.74, 6) is 0.115. The van der Waals surface area contributed by atoms with Crippen molar-refractivity contribution in [2.24, 2.45) is 0 Å². The first-order valence-corrected chi connectivity index (χ1v) is 11.6. The quantitative estimate of drug-likeness (QED) is 0.486. The molecule has 2 aromatic carbocycles. The number of anilines is 2. The highest BCUT2D eigenvalue weighted by atomic mass is 32.1. The van der Waals surface area contributed by atoms with Crippen molar-refractivity contribution in [3.63, 3.8) is 0 Å². The van der Waals surface area contributed by atoms with Crippen molar-refractivity contribution in [2.75, 3.05) is 9.80 Å². The molecule has 160 valence electrons. The molecule has 2 atom stereocenters. The van der Waals surface area contributed by atoms with E-state index < -0.39 is 0 Å². The lowest BCUT2D eigenvalue weighted by atomic mass is 9.89. The van der Waals surface area contributed by atoms with Gasteiger partial charge < -0.3 is 9.80 Å². The van der Waals surface area contributed by atoms with Crippen LogP contribution in [0.1, 0.15) is 58.4 Å². The van der Waals surface area contributed by atoms with E-state index in [0.29, 0.717) is 12.8 Å². The minimum atomic E-state index is -0.115. The van der Waals surface area contributed by atoms with Gasteiger partial charge in [0.2, 0.25) is 5.91 Å². The number of amides is 2. The number of rotatable bonds is 4. The van der Waals surface area contributed by atoms with Crippen LogP contribution in [0.3, 0.4) is 0 Å². The van der Waals surface area contributed by atoms with E-state index in [2.05, 4.69) is 13.0 Å². The monoisotopic (exact) mass is 432 g/mol. The third kappa shape index (κ3) is 4.02. The average Bonchev–Trinajstić information content (AvgIpc) is 3.21. The van der Waals surface area contributed by atoms with Gasteiger partial charge >= 0.3 is 0 Å². The number of hydrogen-bond acceptors (Lipinski definition) is 3. The van der Waals surface area contributed by atoms with Gasteiger partial charge in [0, 0.05) is 28.7 Å². The zero-order chi connectivity index (χ0) is 22.1. The summed E-state index contributed by atoms with van der Waals surface area (Å²) in [4.78, 5) is 32.2. The Kier molecular flexibility index (Phi) is 5.96. The Morgan fingerprint density at radius 2 is 1.74 bits per heavy atom. The maximum absolute atomic E-state index is 13.4. The number of aryl methyl sites for hydroxylation is 2. The summed E-state index contributed by atoms with van der Waals surface area (Å²) in [5.41, 5.74) is 3.97. The highest BCUT2D eigenvalue weighted by molar-refractivity contribution is 7.14. The molecule has 3 aromatic rings. The number of fused-ring (bicyclic) bond motifs is 1. The van der Waals surface area contributed by atoms with E-state index in [1.54, 1.807) is 0 Å². The van der Waals surface area contributed by atoms with E-state index in [9.17, 15) is 9.59 Å². The summed E-state index contributed by atoms with van der Waals surface area (Å²) in [6.45, 7) is 8.03. The molecule has 0 aliphatic carbocycles. The van der Waals surface area contributed by atoms with Crippen molar-refractivity contribution in [3.8, 4) is 0 Å². The molecular formula is C26H28N2O2S. The van der Waals surface area contributed by atoms with Crippen LogP contribution in [-0.4, -0.2) is 17.9 Å². The Bertz CT molecular complexity index is 1100. The van der Waals surface area contributed by atoms with Gasteiger partial charge in [-0.3, -0.25) is 9.59 Å². The van der Waals surface area contributed by atoms with Crippen LogP contribution in [0.2, 0.25) is 0 Å². The molecule has 0 saturated carbocycles. The fourth-order valence-corrected chi connectivity index (χ4v) is 5.18. The van der Waals surface area contributed by atoms with Crippen molar-refractivity contribution in [1.29, 1.82) is 0 Å². The Morgan fingerprint density at radius 1 is 1.03 bits per heavy atom. The molecule has 1 aliphatic heterocycles. The Morgan fingerprint density at radius 3 is 2.39 bits per heavy atom. The van der Waals surface area contributed by atoms with Crippen LogP contribution in [0.25, 0.3) is 0 Å². The highest BCUT2D eigenvalue weighted by Crippen LogP contribution is 2.43. The van der Waals surface area contributed by atoms with Crippen molar-refractivity contribution in [1.82, 2.24) is 0 Å². The Hall–Kier alpha value is -2.92. The molecule has 0 N–H and O–H groups in total. The third-order valence-corrected chi connectivity index (χ3v) is 6.91. The van der Waals surface area contributed by atoms with Gasteiger partial charge in [0.1, 0.15) is 0 Å². The molecule has 5 heteroatoms. The van der Waals surface area contributed by atoms with Gasteiger partial charge in [0.15, 0.2) is 0 Å². The fraction of sp³-hybridized carbons (Fsp3) is 0.308. The van der Waals surface area contributed by atoms with Crippen LogP contribution < -0.4 is 9.80 Å². The number of nitrogens with zero attached hydrogens (tertiary/aromatic N) is 2. The van der Waals surface area contributed by atoms with E-state index in [1.165, 1.54) is 11.3 Å². The number of hydrogen-bond donors (Lipinski definition) is 0. The van der Waals surface area contributed by atoms with E-state index in [-0.39, 0.29) is 23.9 Å². The van der Waals surface area contributed by atoms with E-state index in [4.69, 9.17) is 0 Å². The van der Waals surface area contributed by atoms with Gasteiger partial charge in [0.25, 0.3) is 5.91 Å². The summed E-state index contributed by atoms with van der Waals surface area (Å²) in [6.07, 6.45) is 1.12. The average molecular weight is 433 g/mol. The zero-order valence-electron chi connectivity index (χ0n) is 18.5. The first-order chi connectivity index (χ1) is 14.9. The third-order valence-electron chi connectivity index (χ3n) is 5.93. The van der Waals surface area contributed by atoms with Crippen LogP contribution in [0, 0.1) is 13.8 Å². The van der Waals surface area contributed by atoms with Crippen LogP contribution in [0.5, 0.6) is 0 Å². The summed E-state index contributed by atoms with van der Waals surface area (Å²) in [6, 6.07) is 19.9. The summed E-state index contributed by atoms with van der Waals surface area (Å²) in [5, 5.41) is 0. The SMILES string of the molecule is CCC(=O)N(c1ccc(C)cc1)C1CC(C)N(C(=O)c2ccc(C)s2)c2ccccc21. The minimum Gasteiger partial charge on any atom is -0.305 e. The second kappa shape index (κ2) is 8.67. The lowest BCUT2D eigenvalue weighted by molar-refractivity contribution is -0.118. The minimum absolute atomic E-state index is 0.0280. The van der Waals surface area contributed by atoms with Crippen LogP contribution in [-0.2, 0) is 4.79 Å². The van der Waals surface area contributed by atoms with Gasteiger partial charge in [-0.2, -0.15) is 0 Å². The predicted molar refractivity (Wildman–Crippen MR) is 128 cm³/mol. The number of thiophene rings is 1. The Labute approximate surface area is 188 Å². The van der Waals surface area contributed by atoms with Gasteiger partial charge in [-0.05, 0) is 63.1 Å². The molecule has 0 bridgehead atoms. The molecule has 0 saturated heterocycles. The highest BCUT2D eigenvalue weighted by Gasteiger charge is 2.38. The van der Waals surface area contributed by atoms with Gasteiger partial charge in [-0.15, -0.1) is 11.3 Å². The summed E-state index contributed by atoms with van der Waals surface area (Å²) < 4.78 is 0. The number of carbonyl (C=O) groups is 2. The molecule has 2 amide bonds. The standard InChI is InChI=1S/C26H28N2O2S/c1-5-25(29)28(20-13-10-17(2)11-14-20)23-16-18(3)27(22-9-7-6-8-21(22)23)26(30)24-15-12-19(4)31-24/h6-15,18,23H,5,16H2,1-4H3. The molecule has 4 nitrogen and oxygen atoms in total. The van der Waals surface area contributed by atoms with Crippen LogP contribution in [0.15, 0.2) is 60.7 Å². The molecule has 0 spiro atoms. The second-order valence-corrected chi connectivity index (χ2v) is 9.49. The van der Waals surface area contributed by atoms with Crippen LogP contribution in [0.4, 0.5) is 11.4 Å². The largest absolute Gasteiger partial charge is 0.305 e. The first kappa shape index (κ1) is 21.3. The predicted octanol–water partition coefficient (Wildman–Crippen LogP) is 6.29. The number of benzene rings is 2. The van der Waals surface area contributed by atoms with Crippen molar-refractivity contribution in [2.45, 2.75) is 52.6 Å².